The summed E-state index contributed by atoms with van der Waals surface area (Å²) in [7, 11) is 5.36. The lowest BCUT2D eigenvalue weighted by atomic mass is 10.00. The number of nitrogens with one attached hydrogen (secondary N) is 1. The molecule has 1 amide bonds. The molecule has 0 aliphatic carbocycles. The van der Waals surface area contributed by atoms with Gasteiger partial charge in [-0.05, 0) is 63.2 Å². The lowest BCUT2D eigenvalue weighted by Gasteiger charge is -2.15. The second-order valence-corrected chi connectivity index (χ2v) is 10.2. The summed E-state index contributed by atoms with van der Waals surface area (Å²) < 4.78 is 17.2. The first-order valence-corrected chi connectivity index (χ1v) is 14.0. The number of hydroxylamine groups is 1. The predicted octanol–water partition coefficient (Wildman–Crippen LogP) is 5.22. The van der Waals surface area contributed by atoms with Crippen LogP contribution in [-0.4, -0.2) is 67.9 Å². The number of amides is 1. The minimum absolute atomic E-state index is 0. The van der Waals surface area contributed by atoms with Crippen molar-refractivity contribution in [1.29, 1.82) is 0 Å². The molecular weight excluding hydrogens is 623 g/mol. The topological polar surface area (TPSA) is 137 Å². The molecule has 13 heteroatoms. The summed E-state index contributed by atoms with van der Waals surface area (Å²) >= 11 is 0. The third-order valence-corrected chi connectivity index (χ3v) is 6.79. The van der Waals surface area contributed by atoms with Gasteiger partial charge in [0.1, 0.15) is 17.0 Å². The number of fused-ring (bicyclic) bond motifs is 1. The number of hydrogen-bond acceptors (Lipinski definition) is 9. The smallest absolute Gasteiger partial charge is 0.305 e. The summed E-state index contributed by atoms with van der Waals surface area (Å²) in [5, 5.41) is 21.5. The highest BCUT2D eigenvalue weighted by Gasteiger charge is 2.24. The minimum Gasteiger partial charge on any atom is -0.619 e. The minimum atomic E-state index is -0.815. The number of ether oxygens (including phenoxy) is 3. The van der Waals surface area contributed by atoms with Crippen LogP contribution in [-0.2, 0) is 9.53 Å². The second kappa shape index (κ2) is 18.0. The van der Waals surface area contributed by atoms with E-state index in [4.69, 9.17) is 14.2 Å². The van der Waals surface area contributed by atoms with Gasteiger partial charge in [-0.1, -0.05) is 36.4 Å². The Morgan fingerprint density at radius 3 is 2.18 bits per heavy atom. The number of halogens is 2. The number of benzene rings is 2. The average molecular weight is 662 g/mol. The van der Waals surface area contributed by atoms with Crippen LogP contribution in [0.3, 0.4) is 0 Å². The summed E-state index contributed by atoms with van der Waals surface area (Å²) in [6.07, 6.45) is 5.25. The fourth-order valence-corrected chi connectivity index (χ4v) is 4.60. The van der Waals surface area contributed by atoms with E-state index in [9.17, 15) is 20.0 Å². The SMILES string of the molecule is COc1c(-c2ccc(-c3ccc(OCCCCOC(=O)CCCN(C)C)cc3)cc2)nc2cc[n+]([O-])cc2c1C(=O)NO.Cl.Cl. The summed E-state index contributed by atoms with van der Waals surface area (Å²) in [4.78, 5) is 31.0. The van der Waals surface area contributed by atoms with Crippen LogP contribution in [0.2, 0.25) is 0 Å². The molecule has 0 saturated heterocycles. The molecule has 0 saturated carbocycles. The molecule has 2 heterocycles. The monoisotopic (exact) mass is 660 g/mol. The molecule has 11 nitrogen and oxygen atoms in total. The van der Waals surface area contributed by atoms with Crippen LogP contribution in [0.5, 0.6) is 11.5 Å². The van der Waals surface area contributed by atoms with Crippen molar-refractivity contribution in [2.75, 3.05) is 41.0 Å². The first-order valence-electron chi connectivity index (χ1n) is 14.0. The fraction of sp³-hybridized carbons (Fsp3) is 0.312. The Kier molecular flexibility index (Phi) is 14.8. The molecule has 0 radical (unpaired) electrons. The molecule has 4 rings (SSSR count). The van der Waals surface area contributed by atoms with Crippen LogP contribution in [0.4, 0.5) is 0 Å². The van der Waals surface area contributed by atoms with Crippen molar-refractivity contribution in [2.45, 2.75) is 25.7 Å². The van der Waals surface area contributed by atoms with Crippen molar-refractivity contribution in [3.05, 3.63) is 77.8 Å². The van der Waals surface area contributed by atoms with Crippen molar-refractivity contribution < 1.29 is 33.7 Å². The van der Waals surface area contributed by atoms with Gasteiger partial charge in [-0.25, -0.2) is 10.5 Å². The molecule has 0 spiro atoms. The van der Waals surface area contributed by atoms with Gasteiger partial charge in [0.05, 0.1) is 31.2 Å². The van der Waals surface area contributed by atoms with Crippen molar-refractivity contribution in [3.8, 4) is 33.9 Å². The number of nitrogens with zero attached hydrogens (tertiary/aromatic N) is 3. The van der Waals surface area contributed by atoms with E-state index in [1.165, 1.54) is 25.6 Å². The second-order valence-electron chi connectivity index (χ2n) is 10.2. The van der Waals surface area contributed by atoms with Crippen molar-refractivity contribution in [2.24, 2.45) is 0 Å². The highest BCUT2D eigenvalue weighted by Crippen LogP contribution is 2.36. The zero-order valence-electron chi connectivity index (χ0n) is 25.4. The van der Waals surface area contributed by atoms with Crippen LogP contribution in [0, 0.1) is 5.21 Å². The fourth-order valence-electron chi connectivity index (χ4n) is 4.60. The van der Waals surface area contributed by atoms with Gasteiger partial charge in [-0.3, -0.25) is 14.8 Å². The van der Waals surface area contributed by atoms with E-state index in [0.717, 1.165) is 42.7 Å². The van der Waals surface area contributed by atoms with E-state index in [-0.39, 0.29) is 47.5 Å². The predicted molar refractivity (Wildman–Crippen MR) is 175 cm³/mol. The lowest BCUT2D eigenvalue weighted by Crippen LogP contribution is -2.26. The van der Waals surface area contributed by atoms with Crippen LogP contribution >= 0.6 is 24.8 Å². The first kappa shape index (κ1) is 37.0. The molecule has 2 aromatic carbocycles. The molecule has 45 heavy (non-hydrogen) atoms. The number of pyridine rings is 2. The summed E-state index contributed by atoms with van der Waals surface area (Å²) in [5.74, 6) is -0.0841. The van der Waals surface area contributed by atoms with Gasteiger partial charge in [-0.2, -0.15) is 4.73 Å². The van der Waals surface area contributed by atoms with Crippen molar-refractivity contribution in [3.63, 3.8) is 0 Å². The average Bonchev–Trinajstić information content (AvgIpc) is 3.01. The Bertz CT molecular complexity index is 1550. The van der Waals surface area contributed by atoms with E-state index in [1.54, 1.807) is 5.48 Å². The van der Waals surface area contributed by atoms with E-state index < -0.39 is 5.91 Å². The highest BCUT2D eigenvalue weighted by atomic mass is 35.5. The van der Waals surface area contributed by atoms with E-state index >= 15 is 0 Å². The molecule has 0 fully saturated rings. The summed E-state index contributed by atoms with van der Waals surface area (Å²) in [6.45, 7) is 1.79. The Labute approximate surface area is 274 Å². The maximum absolute atomic E-state index is 12.5. The molecule has 2 aromatic heterocycles. The number of carbonyl (C=O) groups excluding carboxylic acids is 2. The quantitative estimate of drug-likeness (QED) is 0.0466. The molecule has 4 aromatic rings. The number of methoxy groups -OCH3 is 1. The van der Waals surface area contributed by atoms with Gasteiger partial charge in [0.25, 0.3) is 5.91 Å². The molecular formula is C32H38Cl2N4O7. The maximum Gasteiger partial charge on any atom is 0.305 e. The van der Waals surface area contributed by atoms with Gasteiger partial charge in [0.15, 0.2) is 18.1 Å². The lowest BCUT2D eigenvalue weighted by molar-refractivity contribution is -0.603. The third-order valence-electron chi connectivity index (χ3n) is 6.79. The van der Waals surface area contributed by atoms with Crippen molar-refractivity contribution in [1.82, 2.24) is 15.4 Å². The van der Waals surface area contributed by atoms with Crippen LogP contribution in [0.15, 0.2) is 67.0 Å². The summed E-state index contributed by atoms with van der Waals surface area (Å²) in [5.41, 5.74) is 5.06. The van der Waals surface area contributed by atoms with Crippen LogP contribution < -0.4 is 19.7 Å². The Balaban J connectivity index is 0.00000353. The van der Waals surface area contributed by atoms with Gasteiger partial charge < -0.3 is 24.3 Å². The first-order chi connectivity index (χ1) is 20.8. The Morgan fingerprint density at radius 1 is 0.933 bits per heavy atom. The van der Waals surface area contributed by atoms with Gasteiger partial charge in [-0.15, -0.1) is 24.8 Å². The third kappa shape index (κ3) is 9.92. The molecule has 242 valence electrons. The molecule has 0 unspecified atom stereocenters. The number of carbonyl (C=O) groups is 2. The molecule has 2 N–H and O–H groups in total. The highest BCUT2D eigenvalue weighted by molar-refractivity contribution is 6.09. The number of esters is 1. The van der Waals surface area contributed by atoms with E-state index in [2.05, 4.69) is 4.98 Å². The number of hydrogen-bond donors (Lipinski definition) is 2. The number of unbranched alkanes of at least 4 members (excludes halogenated alkanes) is 1. The zero-order valence-corrected chi connectivity index (χ0v) is 27.0. The standard InChI is InChI=1S/C32H36N4O7.2ClH/c1-35(2)17-6-7-28(37)43-20-5-4-19-42-25-14-12-23(13-15-25)22-8-10-24(11-9-22)30-31(41-3)29(32(38)34-39)26-21-36(40)18-16-27(26)33-30;;/h8-16,18,21,39H,4-7,17,19-20H2,1-3H3,(H,34,38);2*1H. The largest absolute Gasteiger partial charge is 0.619 e. The number of aromatic nitrogens is 2. The van der Waals surface area contributed by atoms with Crippen LogP contribution in [0.25, 0.3) is 33.3 Å². The molecule has 0 aliphatic rings. The van der Waals surface area contributed by atoms with Crippen LogP contribution in [0.1, 0.15) is 36.0 Å². The summed E-state index contributed by atoms with van der Waals surface area (Å²) in [6, 6.07) is 16.8. The Hall–Kier alpha value is -4.16. The van der Waals surface area contributed by atoms with Gasteiger partial charge >= 0.3 is 5.97 Å². The van der Waals surface area contributed by atoms with Gasteiger partial charge in [0, 0.05) is 18.1 Å². The van der Waals surface area contributed by atoms with Crippen molar-refractivity contribution >= 4 is 47.6 Å². The normalized spacial score (nSPS) is 10.5. The Morgan fingerprint density at radius 2 is 1.56 bits per heavy atom. The number of rotatable bonds is 14. The maximum atomic E-state index is 12.5. The molecule has 0 atom stereocenters. The molecule has 0 aliphatic heterocycles. The van der Waals surface area contributed by atoms with E-state index in [1.807, 2.05) is 67.5 Å². The zero-order chi connectivity index (χ0) is 30.8. The molecule has 0 bridgehead atoms. The van der Waals surface area contributed by atoms with E-state index in [0.29, 0.717) is 41.1 Å². The van der Waals surface area contributed by atoms with Gasteiger partial charge in [0.2, 0.25) is 0 Å².